The fourth-order valence-corrected chi connectivity index (χ4v) is 5.11. The lowest BCUT2D eigenvalue weighted by atomic mass is 9.75. The number of likely N-dealkylation sites (N-methyl/N-ethyl adjacent to an activating group) is 1. The van der Waals surface area contributed by atoms with E-state index in [1.54, 1.807) is 7.11 Å². The number of nitrogens with zero attached hydrogens (tertiary/aromatic N) is 1. The number of urea groups is 1. The van der Waals surface area contributed by atoms with E-state index in [2.05, 4.69) is 22.9 Å². The molecule has 2 aromatic carbocycles. The van der Waals surface area contributed by atoms with Crippen molar-refractivity contribution in [2.45, 2.75) is 51.2 Å². The van der Waals surface area contributed by atoms with Gasteiger partial charge in [0, 0.05) is 37.9 Å². The highest BCUT2D eigenvalue weighted by molar-refractivity contribution is 5.90. The van der Waals surface area contributed by atoms with Gasteiger partial charge in [0.1, 0.15) is 5.75 Å². The number of rotatable bonds is 5. The van der Waals surface area contributed by atoms with Crippen molar-refractivity contribution in [2.75, 3.05) is 26.0 Å². The topological polar surface area (TPSA) is 82.7 Å². The molecular formula is C26H34N4O3. The first-order valence-electron chi connectivity index (χ1n) is 11.6. The maximum Gasteiger partial charge on any atom is 0.319 e. The van der Waals surface area contributed by atoms with Crippen LogP contribution in [0.15, 0.2) is 42.5 Å². The Balaban J connectivity index is 1.42. The van der Waals surface area contributed by atoms with Gasteiger partial charge in [0.15, 0.2) is 0 Å². The van der Waals surface area contributed by atoms with Gasteiger partial charge in [-0.15, -0.1) is 0 Å². The lowest BCUT2D eigenvalue weighted by molar-refractivity contribution is -0.140. The molecule has 0 aliphatic carbocycles. The SMILES string of the molecule is COc1ccc(CNC(=O)Nc2ccc(C)c(C3CC4CNC(C)CC4N(C)C3=O)c2)cc1. The predicted molar refractivity (Wildman–Crippen MR) is 130 cm³/mol. The number of aryl methyl sites for hydroxylation is 1. The fourth-order valence-electron chi connectivity index (χ4n) is 5.11. The minimum absolute atomic E-state index is 0.176. The number of amides is 3. The standard InChI is InChI=1S/C26H34N4O3/c1-16-5-8-20(29-26(32)28-14-18-6-9-21(33-4)10-7-18)13-22(16)23-12-19-15-27-17(2)11-24(19)30(3)25(23)31/h5-10,13,17,19,23-24,27H,11-12,14-15H2,1-4H3,(H2,28,29,32). The largest absolute Gasteiger partial charge is 0.497 e. The number of methoxy groups -OCH3 is 1. The number of nitrogens with one attached hydrogen (secondary N) is 3. The van der Waals surface area contributed by atoms with Gasteiger partial charge < -0.3 is 25.6 Å². The predicted octanol–water partition coefficient (Wildman–Crippen LogP) is 3.64. The zero-order valence-electron chi connectivity index (χ0n) is 19.9. The van der Waals surface area contributed by atoms with Crippen molar-refractivity contribution in [3.63, 3.8) is 0 Å². The van der Waals surface area contributed by atoms with Crippen LogP contribution in [0.3, 0.4) is 0 Å². The molecule has 0 saturated carbocycles. The number of benzene rings is 2. The van der Waals surface area contributed by atoms with Crippen molar-refractivity contribution in [3.8, 4) is 5.75 Å². The van der Waals surface area contributed by atoms with Gasteiger partial charge in [-0.3, -0.25) is 4.79 Å². The Morgan fingerprint density at radius 2 is 1.94 bits per heavy atom. The summed E-state index contributed by atoms with van der Waals surface area (Å²) in [6, 6.07) is 13.9. The molecule has 33 heavy (non-hydrogen) atoms. The molecule has 2 aliphatic rings. The third kappa shape index (κ3) is 5.14. The van der Waals surface area contributed by atoms with Gasteiger partial charge in [0.25, 0.3) is 0 Å². The molecule has 2 aliphatic heterocycles. The highest BCUT2D eigenvalue weighted by Gasteiger charge is 2.43. The van der Waals surface area contributed by atoms with Crippen LogP contribution in [-0.2, 0) is 11.3 Å². The summed E-state index contributed by atoms with van der Waals surface area (Å²) in [7, 11) is 3.56. The molecule has 0 aromatic heterocycles. The summed E-state index contributed by atoms with van der Waals surface area (Å²) in [5.41, 5.74) is 3.74. The molecule has 2 heterocycles. The molecule has 7 heteroatoms. The maximum absolute atomic E-state index is 13.3. The van der Waals surface area contributed by atoms with Crippen molar-refractivity contribution in [1.29, 1.82) is 0 Å². The van der Waals surface area contributed by atoms with Crippen LogP contribution < -0.4 is 20.7 Å². The van der Waals surface area contributed by atoms with Crippen LogP contribution in [0.25, 0.3) is 0 Å². The summed E-state index contributed by atoms with van der Waals surface area (Å²) < 4.78 is 5.16. The average Bonchev–Trinajstić information content (AvgIpc) is 2.82. The second-order valence-corrected chi connectivity index (χ2v) is 9.34. The normalized spacial score (nSPS) is 24.7. The minimum atomic E-state index is -0.279. The fraction of sp³-hybridized carbons (Fsp3) is 0.462. The number of anilines is 1. The van der Waals surface area contributed by atoms with Crippen molar-refractivity contribution in [3.05, 3.63) is 59.2 Å². The molecule has 2 fully saturated rings. The highest BCUT2D eigenvalue weighted by atomic mass is 16.5. The Bertz CT molecular complexity index is 1010. The molecule has 3 N–H and O–H groups in total. The summed E-state index contributed by atoms with van der Waals surface area (Å²) in [5.74, 6) is 1.21. The second-order valence-electron chi connectivity index (χ2n) is 9.34. The maximum atomic E-state index is 13.3. The summed E-state index contributed by atoms with van der Waals surface area (Å²) in [6.45, 7) is 5.56. The lowest BCUT2D eigenvalue weighted by Crippen LogP contribution is -2.57. The van der Waals surface area contributed by atoms with Crippen LogP contribution in [0, 0.1) is 12.8 Å². The van der Waals surface area contributed by atoms with Crippen LogP contribution in [-0.4, -0.2) is 49.6 Å². The summed E-state index contributed by atoms with van der Waals surface area (Å²) in [5, 5.41) is 9.36. The van der Waals surface area contributed by atoms with Crippen LogP contribution in [0.4, 0.5) is 10.5 Å². The van der Waals surface area contributed by atoms with E-state index in [4.69, 9.17) is 4.74 Å². The van der Waals surface area contributed by atoms with E-state index in [-0.39, 0.29) is 17.9 Å². The Morgan fingerprint density at radius 1 is 1.18 bits per heavy atom. The van der Waals surface area contributed by atoms with Crippen molar-refractivity contribution in [2.24, 2.45) is 5.92 Å². The zero-order valence-corrected chi connectivity index (χ0v) is 19.9. The Hall–Kier alpha value is -3.06. The van der Waals surface area contributed by atoms with Crippen molar-refractivity contribution >= 4 is 17.6 Å². The van der Waals surface area contributed by atoms with E-state index < -0.39 is 0 Å². The second kappa shape index (κ2) is 9.83. The Morgan fingerprint density at radius 3 is 2.67 bits per heavy atom. The van der Waals surface area contributed by atoms with Gasteiger partial charge in [-0.1, -0.05) is 18.2 Å². The Labute approximate surface area is 195 Å². The van der Waals surface area contributed by atoms with Crippen molar-refractivity contribution in [1.82, 2.24) is 15.5 Å². The molecular weight excluding hydrogens is 416 g/mol. The van der Waals surface area contributed by atoms with Gasteiger partial charge in [-0.05, 0) is 73.6 Å². The van der Waals surface area contributed by atoms with Gasteiger partial charge in [0.05, 0.1) is 13.0 Å². The van der Waals surface area contributed by atoms with Crippen LogP contribution in [0.2, 0.25) is 0 Å². The lowest BCUT2D eigenvalue weighted by Gasteiger charge is -2.47. The van der Waals surface area contributed by atoms with Gasteiger partial charge >= 0.3 is 6.03 Å². The van der Waals surface area contributed by atoms with Gasteiger partial charge in [-0.2, -0.15) is 0 Å². The van der Waals surface area contributed by atoms with E-state index in [0.29, 0.717) is 30.2 Å². The monoisotopic (exact) mass is 450 g/mol. The summed E-state index contributed by atoms with van der Waals surface area (Å²) in [6.07, 6.45) is 1.83. The highest BCUT2D eigenvalue weighted by Crippen LogP contribution is 2.39. The van der Waals surface area contributed by atoms with Gasteiger partial charge in [-0.25, -0.2) is 4.79 Å². The molecule has 4 unspecified atom stereocenters. The Kier molecular flexibility index (Phi) is 6.88. The minimum Gasteiger partial charge on any atom is -0.497 e. The molecule has 2 saturated heterocycles. The van der Waals surface area contributed by atoms with Crippen molar-refractivity contribution < 1.29 is 14.3 Å². The van der Waals surface area contributed by atoms with Crippen LogP contribution >= 0.6 is 0 Å². The molecule has 0 spiro atoms. The number of fused-ring (bicyclic) bond motifs is 1. The molecule has 4 rings (SSSR count). The first-order chi connectivity index (χ1) is 15.9. The number of likely N-dealkylation sites (tertiary alicyclic amines) is 1. The number of hydrogen-bond acceptors (Lipinski definition) is 4. The van der Waals surface area contributed by atoms with Crippen LogP contribution in [0.5, 0.6) is 5.75 Å². The molecule has 2 aromatic rings. The molecule has 176 valence electrons. The molecule has 0 bridgehead atoms. The number of carbonyl (C=O) groups is 2. The summed E-state index contributed by atoms with van der Waals surface area (Å²) in [4.78, 5) is 27.7. The first-order valence-corrected chi connectivity index (χ1v) is 11.6. The van der Waals surface area contributed by atoms with Crippen LogP contribution in [0.1, 0.15) is 42.4 Å². The smallest absolute Gasteiger partial charge is 0.319 e. The van der Waals surface area contributed by atoms with E-state index in [1.807, 2.05) is 61.3 Å². The van der Waals surface area contributed by atoms with E-state index in [1.165, 1.54) is 0 Å². The van der Waals surface area contributed by atoms with E-state index in [0.717, 1.165) is 41.8 Å². The van der Waals surface area contributed by atoms with Gasteiger partial charge in [0.2, 0.25) is 5.91 Å². The quantitative estimate of drug-likeness (QED) is 0.650. The average molecular weight is 451 g/mol. The number of hydrogen-bond donors (Lipinski definition) is 3. The zero-order chi connectivity index (χ0) is 23.5. The van der Waals surface area contributed by atoms with E-state index >= 15 is 0 Å². The number of carbonyl (C=O) groups excluding carboxylic acids is 2. The summed E-state index contributed by atoms with van der Waals surface area (Å²) >= 11 is 0. The molecule has 0 radical (unpaired) electrons. The molecule has 7 nitrogen and oxygen atoms in total. The number of piperidine rings is 2. The first kappa shape index (κ1) is 23.1. The third-order valence-corrected chi connectivity index (χ3v) is 7.07. The number of ether oxygens (including phenoxy) is 1. The third-order valence-electron chi connectivity index (χ3n) is 7.07. The molecule has 4 atom stereocenters. The molecule has 3 amide bonds. The van der Waals surface area contributed by atoms with E-state index in [9.17, 15) is 9.59 Å².